The van der Waals surface area contributed by atoms with Crippen molar-refractivity contribution in [3.8, 4) is 0 Å². The van der Waals surface area contributed by atoms with Crippen molar-refractivity contribution in [2.75, 3.05) is 13.7 Å². The molecule has 2 amide bonds. The van der Waals surface area contributed by atoms with Crippen molar-refractivity contribution >= 4 is 17.8 Å². The normalized spacial score (nSPS) is 11.2. The fourth-order valence-electron chi connectivity index (χ4n) is 2.24. The molecule has 2 aromatic carbocycles. The van der Waals surface area contributed by atoms with Gasteiger partial charge in [-0.1, -0.05) is 36.4 Å². The number of carbonyl (C=O) groups is 3. The summed E-state index contributed by atoms with van der Waals surface area (Å²) in [6, 6.07) is 16.5. The van der Waals surface area contributed by atoms with Crippen molar-refractivity contribution in [1.82, 2.24) is 10.6 Å². The smallest absolute Gasteiger partial charge is 0.328 e. The van der Waals surface area contributed by atoms with E-state index in [1.165, 1.54) is 7.11 Å². The van der Waals surface area contributed by atoms with Crippen LogP contribution in [-0.4, -0.2) is 37.5 Å². The van der Waals surface area contributed by atoms with Gasteiger partial charge in [-0.2, -0.15) is 0 Å². The van der Waals surface area contributed by atoms with E-state index in [0.29, 0.717) is 11.1 Å². The molecule has 0 saturated carbocycles. The molecule has 0 fully saturated rings. The lowest BCUT2D eigenvalue weighted by molar-refractivity contribution is -0.143. The van der Waals surface area contributed by atoms with Crippen molar-refractivity contribution in [1.29, 1.82) is 0 Å². The summed E-state index contributed by atoms with van der Waals surface area (Å²) in [6.45, 7) is 0.225. The molecule has 0 bridgehead atoms. The average Bonchev–Trinajstić information content (AvgIpc) is 2.67. The van der Waals surface area contributed by atoms with Gasteiger partial charge in [0, 0.05) is 17.7 Å². The van der Waals surface area contributed by atoms with Crippen LogP contribution in [0.2, 0.25) is 0 Å². The SMILES string of the molecule is COC(=O)[C@@H](CCNC(=O)c1ccccc1)NC(=O)c1ccccc1. The fourth-order valence-corrected chi connectivity index (χ4v) is 2.24. The van der Waals surface area contributed by atoms with E-state index in [2.05, 4.69) is 10.6 Å². The first-order valence-corrected chi connectivity index (χ1v) is 7.89. The molecule has 0 aliphatic rings. The van der Waals surface area contributed by atoms with Crippen LogP contribution in [0, 0.1) is 0 Å². The van der Waals surface area contributed by atoms with E-state index in [9.17, 15) is 14.4 Å². The second kappa shape index (κ2) is 9.22. The maximum absolute atomic E-state index is 12.2. The number of hydrogen-bond donors (Lipinski definition) is 2. The summed E-state index contributed by atoms with van der Waals surface area (Å²) < 4.78 is 4.72. The molecular formula is C19H20N2O4. The minimum atomic E-state index is -0.839. The van der Waals surface area contributed by atoms with Gasteiger partial charge in [-0.25, -0.2) is 4.79 Å². The molecule has 0 unspecified atom stereocenters. The summed E-state index contributed by atoms with van der Waals surface area (Å²) in [5.74, 6) is -1.16. The van der Waals surface area contributed by atoms with Gasteiger partial charge in [-0.05, 0) is 30.7 Å². The van der Waals surface area contributed by atoms with Gasteiger partial charge in [0.05, 0.1) is 7.11 Å². The largest absolute Gasteiger partial charge is 0.467 e. The van der Waals surface area contributed by atoms with E-state index < -0.39 is 12.0 Å². The molecule has 2 aromatic rings. The predicted molar refractivity (Wildman–Crippen MR) is 93.1 cm³/mol. The molecular weight excluding hydrogens is 320 g/mol. The minimum Gasteiger partial charge on any atom is -0.467 e. The lowest BCUT2D eigenvalue weighted by atomic mass is 10.1. The fraction of sp³-hybridized carbons (Fsp3) is 0.211. The summed E-state index contributed by atoms with van der Waals surface area (Å²) in [7, 11) is 1.26. The molecule has 6 heteroatoms. The number of ether oxygens (including phenoxy) is 1. The van der Waals surface area contributed by atoms with Gasteiger partial charge in [-0.15, -0.1) is 0 Å². The number of hydrogen-bond acceptors (Lipinski definition) is 4. The maximum atomic E-state index is 12.2. The van der Waals surface area contributed by atoms with Gasteiger partial charge in [-0.3, -0.25) is 9.59 Å². The first kappa shape index (κ1) is 18.2. The van der Waals surface area contributed by atoms with E-state index in [1.54, 1.807) is 54.6 Å². The second-order valence-corrected chi connectivity index (χ2v) is 5.33. The molecule has 2 rings (SSSR count). The quantitative estimate of drug-likeness (QED) is 0.753. The molecule has 0 aromatic heterocycles. The predicted octanol–water partition coefficient (Wildman–Crippen LogP) is 1.78. The molecule has 0 saturated heterocycles. The standard InChI is InChI=1S/C19H20N2O4/c1-25-19(24)16(21-18(23)15-10-6-3-7-11-15)12-13-20-17(22)14-8-4-2-5-9-14/h2-11,16H,12-13H2,1H3,(H,20,22)(H,21,23)/t16-/m1/s1. The van der Waals surface area contributed by atoms with Gasteiger partial charge in [0.15, 0.2) is 0 Å². The van der Waals surface area contributed by atoms with Crippen LogP contribution in [0.1, 0.15) is 27.1 Å². The van der Waals surface area contributed by atoms with Gasteiger partial charge in [0.1, 0.15) is 6.04 Å². The minimum absolute atomic E-state index is 0.225. The molecule has 0 spiro atoms. The van der Waals surface area contributed by atoms with Crippen molar-refractivity contribution in [3.63, 3.8) is 0 Å². The summed E-state index contributed by atoms with van der Waals surface area (Å²) in [5.41, 5.74) is 0.982. The van der Waals surface area contributed by atoms with Crippen LogP contribution in [0.4, 0.5) is 0 Å². The number of amides is 2. The lowest BCUT2D eigenvalue weighted by Gasteiger charge is -2.17. The highest BCUT2D eigenvalue weighted by molar-refractivity contribution is 5.97. The Labute approximate surface area is 146 Å². The van der Waals surface area contributed by atoms with Crippen molar-refractivity contribution < 1.29 is 19.1 Å². The Balaban J connectivity index is 1.91. The van der Waals surface area contributed by atoms with Gasteiger partial charge >= 0.3 is 5.97 Å². The highest BCUT2D eigenvalue weighted by atomic mass is 16.5. The third kappa shape index (κ3) is 5.46. The van der Waals surface area contributed by atoms with Crippen LogP contribution in [0.5, 0.6) is 0 Å². The Hall–Kier alpha value is -3.15. The molecule has 0 aliphatic heterocycles. The average molecular weight is 340 g/mol. The van der Waals surface area contributed by atoms with Crippen LogP contribution in [0.15, 0.2) is 60.7 Å². The summed E-state index contributed by atoms with van der Waals surface area (Å²) in [4.78, 5) is 36.1. The Bertz CT molecular complexity index is 717. The molecule has 6 nitrogen and oxygen atoms in total. The van der Waals surface area contributed by atoms with Gasteiger partial charge < -0.3 is 15.4 Å². The first-order chi connectivity index (χ1) is 12.1. The lowest BCUT2D eigenvalue weighted by Crippen LogP contribution is -2.43. The summed E-state index contributed by atoms with van der Waals surface area (Å²) in [5, 5.41) is 5.36. The Morgan fingerprint density at radius 1 is 0.880 bits per heavy atom. The van der Waals surface area contributed by atoms with Crippen molar-refractivity contribution in [2.24, 2.45) is 0 Å². The molecule has 130 valence electrons. The molecule has 0 aliphatic carbocycles. The van der Waals surface area contributed by atoms with E-state index in [0.717, 1.165) is 0 Å². The second-order valence-electron chi connectivity index (χ2n) is 5.33. The molecule has 1 atom stereocenters. The number of carbonyl (C=O) groups excluding carboxylic acids is 3. The third-order valence-electron chi connectivity index (χ3n) is 3.58. The molecule has 0 radical (unpaired) electrons. The first-order valence-electron chi connectivity index (χ1n) is 7.89. The summed E-state index contributed by atoms with van der Waals surface area (Å²) >= 11 is 0. The van der Waals surface area contributed by atoms with Crippen LogP contribution in [0.3, 0.4) is 0 Å². The molecule has 0 heterocycles. The zero-order valence-electron chi connectivity index (χ0n) is 13.9. The third-order valence-corrected chi connectivity index (χ3v) is 3.58. The number of benzene rings is 2. The molecule has 2 N–H and O–H groups in total. The van der Waals surface area contributed by atoms with Gasteiger partial charge in [0.25, 0.3) is 11.8 Å². The highest BCUT2D eigenvalue weighted by Crippen LogP contribution is 2.03. The Morgan fingerprint density at radius 3 is 1.92 bits per heavy atom. The van der Waals surface area contributed by atoms with Crippen molar-refractivity contribution in [2.45, 2.75) is 12.5 Å². The number of rotatable bonds is 7. The van der Waals surface area contributed by atoms with E-state index in [-0.39, 0.29) is 24.8 Å². The monoisotopic (exact) mass is 340 g/mol. The van der Waals surface area contributed by atoms with Crippen LogP contribution < -0.4 is 10.6 Å². The topological polar surface area (TPSA) is 84.5 Å². The van der Waals surface area contributed by atoms with Crippen LogP contribution >= 0.6 is 0 Å². The van der Waals surface area contributed by atoms with E-state index in [1.807, 2.05) is 6.07 Å². The summed E-state index contributed by atoms with van der Waals surface area (Å²) in [6.07, 6.45) is 0.226. The Morgan fingerprint density at radius 2 is 1.40 bits per heavy atom. The van der Waals surface area contributed by atoms with E-state index >= 15 is 0 Å². The zero-order chi connectivity index (χ0) is 18.1. The maximum Gasteiger partial charge on any atom is 0.328 e. The van der Waals surface area contributed by atoms with Crippen molar-refractivity contribution in [3.05, 3.63) is 71.8 Å². The van der Waals surface area contributed by atoms with Gasteiger partial charge in [0.2, 0.25) is 0 Å². The Kier molecular flexibility index (Phi) is 6.71. The molecule has 25 heavy (non-hydrogen) atoms. The van der Waals surface area contributed by atoms with E-state index in [4.69, 9.17) is 4.74 Å². The number of esters is 1. The zero-order valence-corrected chi connectivity index (χ0v) is 13.9. The number of nitrogens with one attached hydrogen (secondary N) is 2. The van der Waals surface area contributed by atoms with Crippen LogP contribution in [0.25, 0.3) is 0 Å². The van der Waals surface area contributed by atoms with Crippen LogP contribution in [-0.2, 0) is 9.53 Å². The number of methoxy groups -OCH3 is 1. The highest BCUT2D eigenvalue weighted by Gasteiger charge is 2.22.